The first-order valence-electron chi connectivity index (χ1n) is 12.6. The van der Waals surface area contributed by atoms with Gasteiger partial charge in [0.2, 0.25) is 5.95 Å². The second-order valence-corrected chi connectivity index (χ2v) is 10.3. The van der Waals surface area contributed by atoms with Crippen molar-refractivity contribution < 1.29 is 9.63 Å². The lowest BCUT2D eigenvalue weighted by Gasteiger charge is -2.27. The van der Waals surface area contributed by atoms with Crippen molar-refractivity contribution in [1.29, 1.82) is 0 Å². The number of nitrogens with one attached hydrogen (secondary N) is 3. The second-order valence-electron chi connectivity index (χ2n) is 9.90. The smallest absolute Gasteiger partial charge is 0.351 e. The molecule has 0 spiro atoms. The van der Waals surface area contributed by atoms with Crippen molar-refractivity contribution in [2.24, 2.45) is 11.8 Å². The van der Waals surface area contributed by atoms with Gasteiger partial charge < -0.3 is 14.7 Å². The molecule has 37 heavy (non-hydrogen) atoms. The van der Waals surface area contributed by atoms with Crippen LogP contribution in [0.3, 0.4) is 0 Å². The summed E-state index contributed by atoms with van der Waals surface area (Å²) in [5, 5.41) is 6.77. The van der Waals surface area contributed by atoms with Gasteiger partial charge in [-0.15, -0.1) is 5.48 Å². The fourth-order valence-corrected chi connectivity index (χ4v) is 5.36. The number of hydroxylamine groups is 1. The van der Waals surface area contributed by atoms with Crippen LogP contribution in [0.1, 0.15) is 44.5 Å². The third-order valence-corrected chi connectivity index (χ3v) is 7.36. The Hall–Kier alpha value is -3.69. The number of amides is 1. The summed E-state index contributed by atoms with van der Waals surface area (Å²) in [6.07, 6.45) is 7.03. The molecule has 2 fully saturated rings. The first kappa shape index (κ1) is 23.7. The van der Waals surface area contributed by atoms with Gasteiger partial charge in [0.1, 0.15) is 0 Å². The summed E-state index contributed by atoms with van der Waals surface area (Å²) >= 11 is 6.34. The molecule has 1 unspecified atom stereocenters. The zero-order chi connectivity index (χ0) is 25.4. The number of halogens is 1. The van der Waals surface area contributed by atoms with Crippen LogP contribution in [0.4, 0.5) is 16.4 Å². The summed E-state index contributed by atoms with van der Waals surface area (Å²) in [6.45, 7) is 3.16. The molecule has 1 aromatic carbocycles. The Balaban J connectivity index is 1.52. The standard InChI is InChI=1S/C27H28ClN7O2/c1-16-7-9-17(10-8-16)15-35-24-21(32-26(35)30-20-5-3-2-4-6-20)12-22(25-33-27(36)37-34-25)31-23(24)18-11-19(28)14-29-13-18/h2-6,11-14,16-17,25,34H,7-10,15H2,1H3,(H,30,32)(H,33,36). The lowest BCUT2D eigenvalue weighted by atomic mass is 9.83. The summed E-state index contributed by atoms with van der Waals surface area (Å²) in [5.74, 6) is 2.06. The Morgan fingerprint density at radius 1 is 1.11 bits per heavy atom. The van der Waals surface area contributed by atoms with Crippen LogP contribution in [0.15, 0.2) is 54.9 Å². The van der Waals surface area contributed by atoms with Gasteiger partial charge in [-0.2, -0.15) is 0 Å². The molecule has 1 saturated carbocycles. The number of rotatable bonds is 6. The topological polar surface area (TPSA) is 106 Å². The van der Waals surface area contributed by atoms with Crippen molar-refractivity contribution in [2.45, 2.75) is 45.3 Å². The molecule has 1 atom stereocenters. The predicted octanol–water partition coefficient (Wildman–Crippen LogP) is 5.96. The molecule has 3 N–H and O–H groups in total. The molecule has 1 saturated heterocycles. The van der Waals surface area contributed by atoms with Gasteiger partial charge in [0.15, 0.2) is 6.17 Å². The van der Waals surface area contributed by atoms with E-state index in [1.165, 1.54) is 25.7 Å². The molecule has 10 heteroatoms. The van der Waals surface area contributed by atoms with E-state index in [0.29, 0.717) is 22.3 Å². The summed E-state index contributed by atoms with van der Waals surface area (Å²) in [6, 6.07) is 13.8. The van der Waals surface area contributed by atoms with Gasteiger partial charge in [-0.25, -0.2) is 14.8 Å². The molecule has 1 aliphatic carbocycles. The van der Waals surface area contributed by atoms with E-state index < -0.39 is 12.3 Å². The van der Waals surface area contributed by atoms with E-state index in [-0.39, 0.29) is 0 Å². The number of hydrogen-bond acceptors (Lipinski definition) is 7. The summed E-state index contributed by atoms with van der Waals surface area (Å²) in [4.78, 5) is 30.9. The highest BCUT2D eigenvalue weighted by Gasteiger charge is 2.29. The number of imidazole rings is 1. The molecule has 4 heterocycles. The van der Waals surface area contributed by atoms with E-state index in [0.717, 1.165) is 40.7 Å². The number of para-hydroxylation sites is 1. The van der Waals surface area contributed by atoms with Gasteiger partial charge in [0.05, 0.1) is 27.4 Å². The Bertz CT molecular complexity index is 1430. The molecule has 0 radical (unpaired) electrons. The number of carbonyl (C=O) groups excluding carboxylic acids is 1. The highest BCUT2D eigenvalue weighted by molar-refractivity contribution is 6.30. The van der Waals surface area contributed by atoms with Crippen molar-refractivity contribution in [3.63, 3.8) is 0 Å². The monoisotopic (exact) mass is 517 g/mol. The maximum absolute atomic E-state index is 11.7. The van der Waals surface area contributed by atoms with E-state index in [1.807, 2.05) is 42.5 Å². The van der Waals surface area contributed by atoms with Crippen LogP contribution in [0.2, 0.25) is 5.02 Å². The minimum absolute atomic E-state index is 0.517. The van der Waals surface area contributed by atoms with Gasteiger partial charge in [-0.3, -0.25) is 10.3 Å². The minimum atomic E-state index is -0.599. The van der Waals surface area contributed by atoms with Crippen molar-refractivity contribution in [1.82, 2.24) is 30.3 Å². The number of nitrogens with zero attached hydrogens (tertiary/aromatic N) is 4. The first-order valence-corrected chi connectivity index (χ1v) is 13.0. The molecule has 3 aromatic heterocycles. The molecule has 1 amide bonds. The quantitative estimate of drug-likeness (QED) is 0.290. The third kappa shape index (κ3) is 4.97. The Morgan fingerprint density at radius 2 is 1.92 bits per heavy atom. The average molecular weight is 518 g/mol. The van der Waals surface area contributed by atoms with Crippen LogP contribution in [-0.2, 0) is 11.4 Å². The number of anilines is 2. The normalized spacial score (nSPS) is 21.6. The molecule has 2 aliphatic rings. The molecule has 190 valence electrons. The molecule has 6 rings (SSSR count). The number of fused-ring (bicyclic) bond motifs is 1. The third-order valence-electron chi connectivity index (χ3n) is 7.16. The lowest BCUT2D eigenvalue weighted by molar-refractivity contribution is 0.121. The number of hydrogen-bond donors (Lipinski definition) is 3. The van der Waals surface area contributed by atoms with Crippen LogP contribution in [0.25, 0.3) is 22.3 Å². The van der Waals surface area contributed by atoms with Gasteiger partial charge >= 0.3 is 6.09 Å². The summed E-state index contributed by atoms with van der Waals surface area (Å²) in [7, 11) is 0. The van der Waals surface area contributed by atoms with Crippen molar-refractivity contribution in [3.05, 3.63) is 65.6 Å². The van der Waals surface area contributed by atoms with Gasteiger partial charge in [0.25, 0.3) is 0 Å². The number of carbonyl (C=O) groups is 1. The number of pyridine rings is 2. The second kappa shape index (κ2) is 9.99. The highest BCUT2D eigenvalue weighted by Crippen LogP contribution is 2.36. The van der Waals surface area contributed by atoms with Crippen LogP contribution in [0, 0.1) is 11.8 Å². The van der Waals surface area contributed by atoms with Crippen LogP contribution >= 0.6 is 11.6 Å². The lowest BCUT2D eigenvalue weighted by Crippen LogP contribution is -2.23. The Labute approximate surface area is 219 Å². The number of benzene rings is 1. The predicted molar refractivity (Wildman–Crippen MR) is 142 cm³/mol. The molecule has 9 nitrogen and oxygen atoms in total. The Kier molecular flexibility index (Phi) is 6.40. The summed E-state index contributed by atoms with van der Waals surface area (Å²) < 4.78 is 2.24. The zero-order valence-electron chi connectivity index (χ0n) is 20.4. The fraction of sp³-hybridized carbons (Fsp3) is 0.333. The Morgan fingerprint density at radius 3 is 2.65 bits per heavy atom. The molecular formula is C27H28ClN7O2. The molecule has 0 bridgehead atoms. The first-order chi connectivity index (χ1) is 18.0. The van der Waals surface area contributed by atoms with E-state index in [4.69, 9.17) is 26.4 Å². The van der Waals surface area contributed by atoms with Gasteiger partial charge in [0, 0.05) is 30.2 Å². The van der Waals surface area contributed by atoms with E-state index >= 15 is 0 Å². The molecular weight excluding hydrogens is 490 g/mol. The van der Waals surface area contributed by atoms with Crippen LogP contribution in [0.5, 0.6) is 0 Å². The zero-order valence-corrected chi connectivity index (χ0v) is 21.2. The average Bonchev–Trinajstić information content (AvgIpc) is 3.49. The van der Waals surface area contributed by atoms with Gasteiger partial charge in [-0.1, -0.05) is 49.6 Å². The van der Waals surface area contributed by atoms with Gasteiger partial charge in [-0.05, 0) is 48.9 Å². The van der Waals surface area contributed by atoms with Crippen LogP contribution < -0.4 is 16.1 Å². The molecule has 4 aromatic rings. The number of aromatic nitrogens is 4. The highest BCUT2D eigenvalue weighted by atomic mass is 35.5. The van der Waals surface area contributed by atoms with Crippen molar-refractivity contribution in [3.8, 4) is 11.3 Å². The van der Waals surface area contributed by atoms with E-state index in [2.05, 4.69) is 32.6 Å². The van der Waals surface area contributed by atoms with E-state index in [1.54, 1.807) is 12.4 Å². The maximum Gasteiger partial charge on any atom is 0.427 e. The van der Waals surface area contributed by atoms with Crippen molar-refractivity contribution in [2.75, 3.05) is 5.32 Å². The molecule has 1 aliphatic heterocycles. The minimum Gasteiger partial charge on any atom is -0.351 e. The fourth-order valence-electron chi connectivity index (χ4n) is 5.18. The van der Waals surface area contributed by atoms with E-state index in [9.17, 15) is 4.79 Å². The maximum atomic E-state index is 11.7. The van der Waals surface area contributed by atoms with Crippen LogP contribution in [-0.4, -0.2) is 25.6 Å². The van der Waals surface area contributed by atoms with Crippen molar-refractivity contribution >= 4 is 40.4 Å². The SMILES string of the molecule is CC1CCC(Cn2c(Nc3ccccc3)nc3cc(C4NOC(=O)N4)nc(-c4cncc(Cl)c4)c32)CC1. The summed E-state index contributed by atoms with van der Waals surface area (Å²) in [5.41, 5.74) is 7.35. The largest absolute Gasteiger partial charge is 0.427 e.